The Morgan fingerprint density at radius 3 is 2.30 bits per heavy atom. The molecule has 2 aromatic carbocycles. The molecule has 0 bridgehead atoms. The van der Waals surface area contributed by atoms with Crippen molar-refractivity contribution in [2.24, 2.45) is 0 Å². The molecule has 5 rings (SSSR count). The number of piperidine rings is 2. The Morgan fingerprint density at radius 1 is 0.892 bits per heavy atom. The quantitative estimate of drug-likeness (QED) is 0.486. The molecular weight excluding hydrogens is 467 g/mol. The molecule has 2 saturated heterocycles. The van der Waals surface area contributed by atoms with Crippen molar-refractivity contribution in [3.05, 3.63) is 95.6 Å². The van der Waals surface area contributed by atoms with Crippen molar-refractivity contribution in [1.82, 2.24) is 20.1 Å². The van der Waals surface area contributed by atoms with Crippen LogP contribution in [0.4, 0.5) is 4.39 Å². The topological polar surface area (TPSA) is 57.7 Å². The first-order valence-electron chi connectivity index (χ1n) is 13.3. The molecular formula is C30H35FN4O2. The summed E-state index contributed by atoms with van der Waals surface area (Å²) in [7, 11) is 0. The lowest BCUT2D eigenvalue weighted by Crippen LogP contribution is -2.44. The summed E-state index contributed by atoms with van der Waals surface area (Å²) < 4.78 is 20.8. The number of pyridine rings is 1. The minimum absolute atomic E-state index is 0.0322. The van der Waals surface area contributed by atoms with Crippen LogP contribution in [-0.4, -0.2) is 59.0 Å². The Hall–Kier alpha value is -3.29. The summed E-state index contributed by atoms with van der Waals surface area (Å²) in [5.41, 5.74) is 2.69. The normalized spacial score (nSPS) is 18.0. The molecule has 0 unspecified atom stereocenters. The number of hydrogen-bond acceptors (Lipinski definition) is 5. The Labute approximate surface area is 218 Å². The van der Waals surface area contributed by atoms with E-state index in [4.69, 9.17) is 4.74 Å². The zero-order valence-electron chi connectivity index (χ0n) is 21.2. The van der Waals surface area contributed by atoms with Gasteiger partial charge in [-0.1, -0.05) is 36.4 Å². The fourth-order valence-electron chi connectivity index (χ4n) is 5.17. The van der Waals surface area contributed by atoms with Gasteiger partial charge in [-0.2, -0.15) is 0 Å². The number of nitrogens with zero attached hydrogens (tertiary/aromatic N) is 3. The lowest BCUT2D eigenvalue weighted by Gasteiger charge is -2.32. The van der Waals surface area contributed by atoms with E-state index >= 15 is 0 Å². The Morgan fingerprint density at radius 2 is 1.59 bits per heavy atom. The van der Waals surface area contributed by atoms with Gasteiger partial charge in [-0.25, -0.2) is 4.39 Å². The van der Waals surface area contributed by atoms with Gasteiger partial charge in [0.15, 0.2) is 11.6 Å². The number of nitrogens with one attached hydrogen (secondary N) is 1. The molecule has 2 fully saturated rings. The number of carbonyl (C=O) groups excluding carboxylic acids is 1. The summed E-state index contributed by atoms with van der Waals surface area (Å²) in [6.07, 6.45) is 5.22. The molecule has 0 atom stereocenters. The van der Waals surface area contributed by atoms with E-state index in [0.717, 1.165) is 70.6 Å². The molecule has 0 saturated carbocycles. The van der Waals surface area contributed by atoms with Crippen LogP contribution < -0.4 is 10.1 Å². The lowest BCUT2D eigenvalue weighted by molar-refractivity contribution is 0.0903. The summed E-state index contributed by atoms with van der Waals surface area (Å²) in [5, 5.41) is 3.09. The average molecular weight is 503 g/mol. The highest BCUT2D eigenvalue weighted by Gasteiger charge is 2.24. The van der Waals surface area contributed by atoms with Crippen LogP contribution in [0.2, 0.25) is 0 Å². The van der Waals surface area contributed by atoms with E-state index in [-0.39, 0.29) is 23.8 Å². The van der Waals surface area contributed by atoms with Gasteiger partial charge in [0.25, 0.3) is 5.91 Å². The van der Waals surface area contributed by atoms with Crippen molar-refractivity contribution in [3.63, 3.8) is 0 Å². The van der Waals surface area contributed by atoms with Crippen molar-refractivity contribution in [3.8, 4) is 5.75 Å². The van der Waals surface area contributed by atoms with Crippen molar-refractivity contribution in [2.75, 3.05) is 26.2 Å². The molecule has 3 aromatic rings. The second kappa shape index (κ2) is 12.3. The molecule has 3 heterocycles. The zero-order chi connectivity index (χ0) is 25.5. The SMILES string of the molecule is O=C(NC1CCN(Cc2ccccc2)CC1)c1ccc(OC2CCN(Cc3ccccn3)CC2)c(F)c1. The van der Waals surface area contributed by atoms with Gasteiger partial charge in [-0.3, -0.25) is 19.6 Å². The highest BCUT2D eigenvalue weighted by Crippen LogP contribution is 2.24. The first-order valence-corrected chi connectivity index (χ1v) is 13.3. The molecule has 194 valence electrons. The summed E-state index contributed by atoms with van der Waals surface area (Å²) in [6.45, 7) is 5.37. The number of amides is 1. The summed E-state index contributed by atoms with van der Waals surface area (Å²) >= 11 is 0. The summed E-state index contributed by atoms with van der Waals surface area (Å²) in [5.74, 6) is -0.495. The summed E-state index contributed by atoms with van der Waals surface area (Å²) in [4.78, 5) is 21.9. The van der Waals surface area contributed by atoms with E-state index < -0.39 is 5.82 Å². The van der Waals surface area contributed by atoms with Gasteiger partial charge in [-0.15, -0.1) is 0 Å². The second-order valence-corrected chi connectivity index (χ2v) is 10.1. The predicted molar refractivity (Wildman–Crippen MR) is 142 cm³/mol. The maximum atomic E-state index is 14.8. The standard InChI is InChI=1S/C30H35FN4O2/c31-28-20-24(30(36)33-25-11-16-34(17-12-25)21-23-6-2-1-3-7-23)9-10-29(28)37-27-13-18-35(19-14-27)22-26-8-4-5-15-32-26/h1-10,15,20,25,27H,11-14,16-19,21-22H2,(H,33,36). The summed E-state index contributed by atoms with van der Waals surface area (Å²) in [6, 6.07) is 21.0. The molecule has 1 aromatic heterocycles. The molecule has 0 aliphatic carbocycles. The number of hydrogen-bond donors (Lipinski definition) is 1. The van der Waals surface area contributed by atoms with Gasteiger partial charge in [0, 0.05) is 57.1 Å². The van der Waals surface area contributed by atoms with Crippen LogP contribution in [-0.2, 0) is 13.1 Å². The third-order valence-electron chi connectivity index (χ3n) is 7.31. The Balaban J connectivity index is 1.06. The van der Waals surface area contributed by atoms with E-state index in [1.54, 1.807) is 12.1 Å². The van der Waals surface area contributed by atoms with Gasteiger partial charge in [0.2, 0.25) is 0 Å². The molecule has 7 heteroatoms. The van der Waals surface area contributed by atoms with Crippen LogP contribution >= 0.6 is 0 Å². The van der Waals surface area contributed by atoms with Crippen molar-refractivity contribution >= 4 is 5.91 Å². The van der Waals surface area contributed by atoms with E-state index in [9.17, 15) is 9.18 Å². The fourth-order valence-corrected chi connectivity index (χ4v) is 5.17. The number of halogens is 1. The monoisotopic (exact) mass is 502 g/mol. The maximum absolute atomic E-state index is 14.8. The van der Waals surface area contributed by atoms with Crippen molar-refractivity contribution < 1.29 is 13.9 Å². The van der Waals surface area contributed by atoms with Crippen molar-refractivity contribution in [1.29, 1.82) is 0 Å². The van der Waals surface area contributed by atoms with Crippen LogP contribution in [0.1, 0.15) is 47.3 Å². The lowest BCUT2D eigenvalue weighted by atomic mass is 10.0. The molecule has 1 N–H and O–H groups in total. The molecule has 37 heavy (non-hydrogen) atoms. The smallest absolute Gasteiger partial charge is 0.251 e. The predicted octanol–water partition coefficient (Wildman–Crippen LogP) is 4.66. The molecule has 6 nitrogen and oxygen atoms in total. The number of aromatic nitrogens is 1. The van der Waals surface area contributed by atoms with Crippen LogP contribution in [0.3, 0.4) is 0 Å². The van der Waals surface area contributed by atoms with E-state index in [0.29, 0.717) is 5.56 Å². The molecule has 1 amide bonds. The largest absolute Gasteiger partial charge is 0.487 e. The third-order valence-corrected chi connectivity index (χ3v) is 7.31. The molecule has 0 radical (unpaired) electrons. The number of rotatable bonds is 8. The van der Waals surface area contributed by atoms with E-state index in [2.05, 4.69) is 44.4 Å². The Kier molecular flexibility index (Phi) is 8.43. The molecule has 2 aliphatic rings. The highest BCUT2D eigenvalue weighted by atomic mass is 19.1. The second-order valence-electron chi connectivity index (χ2n) is 10.1. The van der Waals surface area contributed by atoms with Crippen molar-refractivity contribution in [2.45, 2.75) is 50.9 Å². The van der Waals surface area contributed by atoms with Gasteiger partial charge in [-0.05, 0) is 61.6 Å². The van der Waals surface area contributed by atoms with E-state index in [1.165, 1.54) is 11.6 Å². The number of benzene rings is 2. The van der Waals surface area contributed by atoms with Crippen LogP contribution in [0.15, 0.2) is 72.9 Å². The van der Waals surface area contributed by atoms with Gasteiger partial charge in [0.05, 0.1) is 5.69 Å². The number of ether oxygens (including phenoxy) is 1. The maximum Gasteiger partial charge on any atom is 0.251 e. The van der Waals surface area contributed by atoms with Crippen LogP contribution in [0.25, 0.3) is 0 Å². The van der Waals surface area contributed by atoms with E-state index in [1.807, 2.05) is 30.5 Å². The van der Waals surface area contributed by atoms with Gasteiger partial charge >= 0.3 is 0 Å². The molecule has 0 spiro atoms. The highest BCUT2D eigenvalue weighted by molar-refractivity contribution is 5.94. The van der Waals surface area contributed by atoms with Crippen LogP contribution in [0, 0.1) is 5.82 Å². The Bertz CT molecular complexity index is 1140. The number of carbonyl (C=O) groups is 1. The third kappa shape index (κ3) is 7.14. The fraction of sp³-hybridized carbons (Fsp3) is 0.400. The van der Waals surface area contributed by atoms with Gasteiger partial charge < -0.3 is 10.1 Å². The zero-order valence-corrected chi connectivity index (χ0v) is 21.2. The van der Waals surface area contributed by atoms with Gasteiger partial charge in [0.1, 0.15) is 6.10 Å². The average Bonchev–Trinajstić information content (AvgIpc) is 2.93. The molecule has 2 aliphatic heterocycles. The minimum atomic E-state index is -0.485. The first-order chi connectivity index (χ1) is 18.1. The first kappa shape index (κ1) is 25.4. The van der Waals surface area contributed by atoms with Crippen LogP contribution in [0.5, 0.6) is 5.75 Å². The minimum Gasteiger partial charge on any atom is -0.487 e. The number of likely N-dealkylation sites (tertiary alicyclic amines) is 2.